The van der Waals surface area contributed by atoms with Crippen molar-refractivity contribution in [3.63, 3.8) is 0 Å². The maximum absolute atomic E-state index is 14.6. The molecule has 0 heterocycles. The fourth-order valence-corrected chi connectivity index (χ4v) is 13.6. The maximum Gasteiger partial charge on any atom is 0.303 e. The van der Waals surface area contributed by atoms with E-state index < -0.39 is 60.1 Å². The summed E-state index contributed by atoms with van der Waals surface area (Å²) >= 11 is 0. The number of rotatable bonds is 73. The summed E-state index contributed by atoms with van der Waals surface area (Å²) in [6.07, 6.45) is 59.0. The number of amides is 5. The van der Waals surface area contributed by atoms with Crippen molar-refractivity contribution in [3.05, 3.63) is 35.4 Å². The molecule has 0 aliphatic carbocycles. The topological polar surface area (TPSA) is 257 Å². The lowest BCUT2D eigenvalue weighted by Gasteiger charge is -2.35. The van der Waals surface area contributed by atoms with Crippen LogP contribution in [0.3, 0.4) is 0 Å². The van der Waals surface area contributed by atoms with Crippen molar-refractivity contribution in [2.75, 3.05) is 19.6 Å². The number of carbonyl (C=O) groups excluding carboxylic acids is 5. The van der Waals surface area contributed by atoms with Crippen molar-refractivity contribution < 1.29 is 53.7 Å². The number of unbranched alkanes of at least 4 members (excludes halogenated alkanes) is 45. The largest absolute Gasteiger partial charge is 0.481 e. The fourth-order valence-electron chi connectivity index (χ4n) is 13.6. The Morgan fingerprint density at radius 1 is 0.255 bits per heavy atom. The Labute approximate surface area is 597 Å². The maximum atomic E-state index is 14.6. The first-order chi connectivity index (χ1) is 47.6. The first-order valence-electron chi connectivity index (χ1n) is 40.8. The van der Waals surface area contributed by atoms with Crippen molar-refractivity contribution in [1.82, 2.24) is 26.6 Å². The van der Waals surface area contributed by atoms with E-state index in [0.717, 1.165) is 57.8 Å². The summed E-state index contributed by atoms with van der Waals surface area (Å²) in [6, 6.07) is 5.71. The van der Waals surface area contributed by atoms with Gasteiger partial charge in [-0.2, -0.15) is 0 Å². The van der Waals surface area contributed by atoms with Crippen LogP contribution in [0, 0.1) is 0 Å². The third-order valence-electron chi connectivity index (χ3n) is 20.2. The highest BCUT2D eigenvalue weighted by Crippen LogP contribution is 2.30. The van der Waals surface area contributed by atoms with Crippen molar-refractivity contribution in [1.29, 1.82) is 0 Å². The zero-order chi connectivity index (χ0) is 71.7. The van der Waals surface area contributed by atoms with E-state index in [2.05, 4.69) is 47.4 Å². The van der Waals surface area contributed by atoms with Gasteiger partial charge < -0.3 is 41.9 Å². The van der Waals surface area contributed by atoms with E-state index in [1.54, 1.807) is 0 Å². The van der Waals surface area contributed by atoms with Crippen LogP contribution in [0.15, 0.2) is 24.3 Å². The van der Waals surface area contributed by atoms with Gasteiger partial charge in [-0.15, -0.1) is 0 Å². The molecule has 8 N–H and O–H groups in total. The van der Waals surface area contributed by atoms with Crippen LogP contribution in [0.4, 0.5) is 0 Å². The van der Waals surface area contributed by atoms with E-state index in [-0.39, 0.29) is 86.6 Å². The normalized spacial score (nSPS) is 11.6. The van der Waals surface area contributed by atoms with E-state index in [0.29, 0.717) is 19.6 Å². The number of carboxylic acid groups (broad SMARTS) is 3. The molecule has 0 spiro atoms. The number of hydrogen-bond donors (Lipinski definition) is 8. The van der Waals surface area contributed by atoms with E-state index >= 15 is 0 Å². The van der Waals surface area contributed by atoms with Crippen molar-refractivity contribution in [2.24, 2.45) is 0 Å². The summed E-state index contributed by atoms with van der Waals surface area (Å²) < 4.78 is 0. The molecule has 0 bridgehead atoms. The Balaban J connectivity index is 3.19. The van der Waals surface area contributed by atoms with Crippen molar-refractivity contribution >= 4 is 47.4 Å². The van der Waals surface area contributed by atoms with Crippen LogP contribution in [0.5, 0.6) is 0 Å². The molecule has 1 rings (SSSR count). The Morgan fingerprint density at radius 2 is 0.418 bits per heavy atom. The molecular weight excluding hydrogens is 1230 g/mol. The predicted octanol–water partition coefficient (Wildman–Crippen LogP) is 20.7. The van der Waals surface area contributed by atoms with Crippen LogP contribution in [-0.2, 0) is 28.8 Å². The molecule has 16 nitrogen and oxygen atoms in total. The molecule has 0 unspecified atom stereocenters. The standard InChI is InChI=1S/C82H147N5O11/c1-4-7-10-13-16-19-22-25-28-31-34-37-40-43-46-49-68-83-73(88)56-62-81(63-57-74(89)84-69-50-47-44-41-38-35-32-29-26-23-20-17-14-11-8-5-2,64-58-75(90)85-70-51-48-45-42-39-36-33-30-27-24-21-18-15-12-9-6-3)86-79(97)71-52-54-72(55-53-71)80(98)87-82(65-59-76(91)92,66-60-77(93)94)67-61-78(95)96/h52-55H,4-51,56-70H2,1-3H3,(H,83,88)(H,84,89)(H,85,90)(H,86,97)(H,87,98)(H,91,92)(H,93,94)(H,95,96). The lowest BCUT2D eigenvalue weighted by atomic mass is 9.82. The molecule has 1 aromatic rings. The molecule has 0 fully saturated rings. The molecule has 98 heavy (non-hydrogen) atoms. The predicted molar refractivity (Wildman–Crippen MR) is 403 cm³/mol. The lowest BCUT2D eigenvalue weighted by Crippen LogP contribution is -2.50. The van der Waals surface area contributed by atoms with E-state index in [9.17, 15) is 53.7 Å². The van der Waals surface area contributed by atoms with Gasteiger partial charge in [0.15, 0.2) is 0 Å². The van der Waals surface area contributed by atoms with Gasteiger partial charge in [-0.25, -0.2) is 0 Å². The van der Waals surface area contributed by atoms with Crippen LogP contribution in [0.1, 0.15) is 427 Å². The zero-order valence-corrected chi connectivity index (χ0v) is 63.0. The van der Waals surface area contributed by atoms with Gasteiger partial charge in [0.2, 0.25) is 17.7 Å². The van der Waals surface area contributed by atoms with Crippen LogP contribution >= 0.6 is 0 Å². The van der Waals surface area contributed by atoms with Gasteiger partial charge in [-0.3, -0.25) is 38.4 Å². The van der Waals surface area contributed by atoms with Gasteiger partial charge in [-0.05, 0) is 82.1 Å². The average Bonchev–Trinajstić information content (AvgIpc) is 0.833. The second kappa shape index (κ2) is 64.1. The number of nitrogens with one attached hydrogen (secondary N) is 5. The minimum atomic E-state index is -1.46. The van der Waals surface area contributed by atoms with E-state index in [4.69, 9.17) is 0 Å². The average molecular weight is 1380 g/mol. The molecule has 0 saturated heterocycles. The Bertz CT molecular complexity index is 2000. The number of hydrogen-bond acceptors (Lipinski definition) is 8. The molecule has 0 atom stereocenters. The van der Waals surface area contributed by atoms with Crippen LogP contribution in [-0.4, -0.2) is 93.5 Å². The van der Waals surface area contributed by atoms with Gasteiger partial charge in [0.1, 0.15) is 0 Å². The number of benzene rings is 1. The first kappa shape index (κ1) is 91.0. The molecule has 0 aromatic heterocycles. The van der Waals surface area contributed by atoms with Crippen LogP contribution < -0.4 is 26.6 Å². The van der Waals surface area contributed by atoms with Gasteiger partial charge >= 0.3 is 17.9 Å². The summed E-state index contributed by atoms with van der Waals surface area (Å²) in [5, 5.41) is 43.9. The third-order valence-corrected chi connectivity index (χ3v) is 20.2. The lowest BCUT2D eigenvalue weighted by molar-refractivity contribution is -0.137. The van der Waals surface area contributed by atoms with Crippen molar-refractivity contribution in [2.45, 2.75) is 417 Å². The van der Waals surface area contributed by atoms with Gasteiger partial charge in [0, 0.05) is 80.4 Å². The van der Waals surface area contributed by atoms with Crippen LogP contribution in [0.2, 0.25) is 0 Å². The Kier molecular flexibility index (Phi) is 59.5. The molecular formula is C82H147N5O11. The second-order valence-corrected chi connectivity index (χ2v) is 29.2. The molecule has 0 aliphatic heterocycles. The smallest absolute Gasteiger partial charge is 0.303 e. The minimum Gasteiger partial charge on any atom is -0.481 e. The quantitative estimate of drug-likeness (QED) is 0.0285. The van der Waals surface area contributed by atoms with Crippen LogP contribution in [0.25, 0.3) is 0 Å². The van der Waals surface area contributed by atoms with Crippen molar-refractivity contribution in [3.8, 4) is 0 Å². The number of carbonyl (C=O) groups is 8. The summed E-state index contributed by atoms with van der Waals surface area (Å²) in [4.78, 5) is 105. The highest BCUT2D eigenvalue weighted by atomic mass is 16.4. The monoisotopic (exact) mass is 1380 g/mol. The van der Waals surface area contributed by atoms with E-state index in [1.165, 1.54) is 275 Å². The highest BCUT2D eigenvalue weighted by Gasteiger charge is 2.36. The van der Waals surface area contributed by atoms with Gasteiger partial charge in [-0.1, -0.05) is 310 Å². The van der Waals surface area contributed by atoms with E-state index in [1.807, 2.05) is 0 Å². The summed E-state index contributed by atoms with van der Waals surface area (Å²) in [5.74, 6) is -5.33. The summed E-state index contributed by atoms with van der Waals surface area (Å²) in [7, 11) is 0. The van der Waals surface area contributed by atoms with Gasteiger partial charge in [0.05, 0.1) is 0 Å². The second-order valence-electron chi connectivity index (χ2n) is 29.2. The number of aliphatic carboxylic acids is 3. The first-order valence-corrected chi connectivity index (χ1v) is 40.8. The third kappa shape index (κ3) is 54.8. The molecule has 0 saturated carbocycles. The SMILES string of the molecule is CCCCCCCCCCCCCCCCCCNC(=O)CCC(CCC(=O)NCCCCCCCCCCCCCCCCCC)(CCC(=O)NCCCCCCCCCCCCCCCCCC)NC(=O)c1ccc(C(=O)NC(CCC(=O)O)(CCC(=O)O)CCC(=O)O)cc1. The molecule has 0 aliphatic rings. The number of carboxylic acids is 3. The Morgan fingerprint density at radius 3 is 0.592 bits per heavy atom. The fraction of sp³-hybridized carbons (Fsp3) is 0.829. The van der Waals surface area contributed by atoms with Gasteiger partial charge in [0.25, 0.3) is 11.8 Å². The highest BCUT2D eigenvalue weighted by molar-refractivity contribution is 5.98. The summed E-state index contributed by atoms with van der Waals surface area (Å²) in [5.41, 5.74) is -2.40. The molecule has 0 radical (unpaired) electrons. The zero-order valence-electron chi connectivity index (χ0n) is 63.0. The minimum absolute atomic E-state index is 0.0489. The summed E-state index contributed by atoms with van der Waals surface area (Å²) in [6.45, 7) is 8.37. The molecule has 5 amide bonds. The molecule has 16 heteroatoms. The Hall–Kier alpha value is -5.02. The molecule has 1 aromatic carbocycles. The molecule has 566 valence electrons.